The van der Waals surface area contributed by atoms with E-state index in [1.807, 2.05) is 48.6 Å². The van der Waals surface area contributed by atoms with Crippen LogP contribution in [-0.4, -0.2) is 19.6 Å². The van der Waals surface area contributed by atoms with Crippen molar-refractivity contribution in [2.45, 2.75) is 33.1 Å². The standard InChI is InChI=1S/C16H19N5/c1-10-9-14-19-20-15(21(14)11(2)18-10)16(3,4)12-5-7-13(17)8-6-12/h5-9H,17H2,1-4H3. The number of aromatic nitrogens is 4. The summed E-state index contributed by atoms with van der Waals surface area (Å²) in [5.41, 5.74) is 9.18. The van der Waals surface area contributed by atoms with Gasteiger partial charge in [0.15, 0.2) is 5.65 Å². The zero-order valence-electron chi connectivity index (χ0n) is 12.8. The Hall–Kier alpha value is -2.43. The number of rotatable bonds is 2. The van der Waals surface area contributed by atoms with Crippen molar-refractivity contribution in [3.05, 3.63) is 53.2 Å². The number of hydrogen-bond donors (Lipinski definition) is 1. The Bertz CT molecular complexity index is 799. The van der Waals surface area contributed by atoms with Gasteiger partial charge in [0.2, 0.25) is 0 Å². The monoisotopic (exact) mass is 281 g/mol. The molecule has 0 aliphatic carbocycles. The smallest absolute Gasteiger partial charge is 0.164 e. The Kier molecular flexibility index (Phi) is 2.93. The molecule has 21 heavy (non-hydrogen) atoms. The van der Waals surface area contributed by atoms with Crippen LogP contribution in [-0.2, 0) is 5.41 Å². The van der Waals surface area contributed by atoms with Crippen molar-refractivity contribution in [2.75, 3.05) is 5.73 Å². The topological polar surface area (TPSA) is 69.1 Å². The van der Waals surface area contributed by atoms with Crippen molar-refractivity contribution in [3.8, 4) is 0 Å². The first-order valence-electron chi connectivity index (χ1n) is 6.95. The molecule has 0 spiro atoms. The molecule has 108 valence electrons. The molecular formula is C16H19N5. The fourth-order valence-electron chi connectivity index (χ4n) is 2.67. The van der Waals surface area contributed by atoms with Crippen molar-refractivity contribution in [2.24, 2.45) is 0 Å². The number of hydrogen-bond acceptors (Lipinski definition) is 4. The van der Waals surface area contributed by atoms with Gasteiger partial charge in [-0.1, -0.05) is 12.1 Å². The summed E-state index contributed by atoms with van der Waals surface area (Å²) in [5.74, 6) is 1.78. The lowest BCUT2D eigenvalue weighted by Crippen LogP contribution is -2.23. The van der Waals surface area contributed by atoms with E-state index in [1.165, 1.54) is 0 Å². The highest BCUT2D eigenvalue weighted by Crippen LogP contribution is 2.31. The van der Waals surface area contributed by atoms with Gasteiger partial charge in [0.1, 0.15) is 11.6 Å². The number of aryl methyl sites for hydroxylation is 2. The van der Waals surface area contributed by atoms with E-state index in [1.54, 1.807) is 0 Å². The van der Waals surface area contributed by atoms with Gasteiger partial charge in [-0.05, 0) is 45.4 Å². The zero-order chi connectivity index (χ0) is 15.2. The molecular weight excluding hydrogens is 262 g/mol. The van der Waals surface area contributed by atoms with Gasteiger partial charge in [0, 0.05) is 17.4 Å². The zero-order valence-corrected chi connectivity index (χ0v) is 12.8. The lowest BCUT2D eigenvalue weighted by atomic mass is 9.83. The summed E-state index contributed by atoms with van der Waals surface area (Å²) in [7, 11) is 0. The first-order valence-corrected chi connectivity index (χ1v) is 6.95. The third-order valence-electron chi connectivity index (χ3n) is 3.88. The van der Waals surface area contributed by atoms with Gasteiger partial charge < -0.3 is 5.73 Å². The first-order chi connectivity index (χ1) is 9.89. The second-order valence-corrected chi connectivity index (χ2v) is 5.91. The second-order valence-electron chi connectivity index (χ2n) is 5.91. The van der Waals surface area contributed by atoms with E-state index in [2.05, 4.69) is 29.0 Å². The van der Waals surface area contributed by atoms with Gasteiger partial charge in [-0.15, -0.1) is 10.2 Å². The van der Waals surface area contributed by atoms with E-state index >= 15 is 0 Å². The average molecular weight is 281 g/mol. The quantitative estimate of drug-likeness (QED) is 0.733. The van der Waals surface area contributed by atoms with Gasteiger partial charge in [0.25, 0.3) is 0 Å². The molecule has 2 N–H and O–H groups in total. The van der Waals surface area contributed by atoms with E-state index in [0.29, 0.717) is 0 Å². The van der Waals surface area contributed by atoms with E-state index in [-0.39, 0.29) is 5.41 Å². The molecule has 0 atom stereocenters. The number of nitrogens with zero attached hydrogens (tertiary/aromatic N) is 4. The highest BCUT2D eigenvalue weighted by molar-refractivity contribution is 5.46. The summed E-state index contributed by atoms with van der Waals surface area (Å²) in [6, 6.07) is 9.84. The van der Waals surface area contributed by atoms with Crippen LogP contribution in [0, 0.1) is 13.8 Å². The molecule has 5 nitrogen and oxygen atoms in total. The number of benzene rings is 1. The molecule has 3 aromatic rings. The lowest BCUT2D eigenvalue weighted by molar-refractivity contribution is 0.577. The molecule has 1 aromatic carbocycles. The van der Waals surface area contributed by atoms with Gasteiger partial charge in [0.05, 0.1) is 5.41 Å². The summed E-state index contributed by atoms with van der Waals surface area (Å²) in [6.07, 6.45) is 0. The van der Waals surface area contributed by atoms with E-state index in [9.17, 15) is 0 Å². The molecule has 0 aliphatic heterocycles. The number of nitrogens with two attached hydrogens (primary N) is 1. The Balaban J connectivity index is 2.21. The molecule has 0 aliphatic rings. The van der Waals surface area contributed by atoms with Crippen LogP contribution in [0.4, 0.5) is 5.69 Å². The Morgan fingerprint density at radius 2 is 1.71 bits per heavy atom. The average Bonchev–Trinajstić information content (AvgIpc) is 2.83. The minimum Gasteiger partial charge on any atom is -0.399 e. The van der Waals surface area contributed by atoms with Crippen molar-refractivity contribution < 1.29 is 0 Å². The fourth-order valence-corrected chi connectivity index (χ4v) is 2.67. The molecule has 0 amide bonds. The lowest BCUT2D eigenvalue weighted by Gasteiger charge is -2.24. The normalized spacial score (nSPS) is 12.0. The summed E-state index contributed by atoms with van der Waals surface area (Å²) in [4.78, 5) is 4.52. The van der Waals surface area contributed by atoms with Gasteiger partial charge in [-0.3, -0.25) is 4.40 Å². The maximum Gasteiger partial charge on any atom is 0.164 e. The predicted molar refractivity (Wildman–Crippen MR) is 83.2 cm³/mol. The van der Waals surface area contributed by atoms with Crippen LogP contribution >= 0.6 is 0 Å². The number of anilines is 1. The Morgan fingerprint density at radius 1 is 1.05 bits per heavy atom. The maximum atomic E-state index is 5.78. The van der Waals surface area contributed by atoms with Crippen molar-refractivity contribution >= 4 is 11.3 Å². The van der Waals surface area contributed by atoms with Crippen LogP contribution in [0.3, 0.4) is 0 Å². The summed E-state index contributed by atoms with van der Waals surface area (Å²) >= 11 is 0. The Morgan fingerprint density at radius 3 is 2.38 bits per heavy atom. The number of nitrogen functional groups attached to an aromatic ring is 1. The van der Waals surface area contributed by atoms with E-state index in [4.69, 9.17) is 5.73 Å². The molecule has 0 saturated heterocycles. The van der Waals surface area contributed by atoms with Crippen LogP contribution < -0.4 is 5.73 Å². The molecule has 0 bridgehead atoms. The third kappa shape index (κ3) is 2.14. The third-order valence-corrected chi connectivity index (χ3v) is 3.88. The van der Waals surface area contributed by atoms with E-state index < -0.39 is 0 Å². The van der Waals surface area contributed by atoms with Crippen molar-refractivity contribution in [1.29, 1.82) is 0 Å². The minimum atomic E-state index is -0.283. The van der Waals surface area contributed by atoms with Crippen molar-refractivity contribution in [1.82, 2.24) is 19.6 Å². The fraction of sp³-hybridized carbons (Fsp3) is 0.312. The van der Waals surface area contributed by atoms with Crippen LogP contribution in [0.1, 0.15) is 36.8 Å². The summed E-state index contributed by atoms with van der Waals surface area (Å²) in [5, 5.41) is 8.71. The van der Waals surface area contributed by atoms with Gasteiger partial charge in [-0.2, -0.15) is 0 Å². The van der Waals surface area contributed by atoms with Crippen LogP contribution in [0.2, 0.25) is 0 Å². The molecule has 0 fully saturated rings. The summed E-state index contributed by atoms with van der Waals surface area (Å²) < 4.78 is 2.02. The molecule has 2 heterocycles. The summed E-state index contributed by atoms with van der Waals surface area (Å²) in [6.45, 7) is 8.21. The molecule has 0 saturated carbocycles. The first kappa shape index (κ1) is 13.5. The van der Waals surface area contributed by atoms with Crippen LogP contribution in [0.5, 0.6) is 0 Å². The van der Waals surface area contributed by atoms with Gasteiger partial charge in [-0.25, -0.2) is 4.98 Å². The molecule has 2 aromatic heterocycles. The molecule has 5 heteroatoms. The van der Waals surface area contributed by atoms with Gasteiger partial charge >= 0.3 is 0 Å². The van der Waals surface area contributed by atoms with E-state index in [0.717, 1.165) is 34.2 Å². The Labute approximate surface area is 123 Å². The van der Waals surface area contributed by atoms with Crippen LogP contribution in [0.25, 0.3) is 5.65 Å². The van der Waals surface area contributed by atoms with Crippen molar-refractivity contribution in [3.63, 3.8) is 0 Å². The minimum absolute atomic E-state index is 0.283. The SMILES string of the molecule is Cc1cc2nnc(C(C)(C)c3ccc(N)cc3)n2c(C)n1. The molecule has 0 unspecified atom stereocenters. The predicted octanol–water partition coefficient (Wildman–Crippen LogP) is 2.65. The maximum absolute atomic E-state index is 5.78. The molecule has 0 radical (unpaired) electrons. The second kappa shape index (κ2) is 4.55. The largest absolute Gasteiger partial charge is 0.399 e. The number of fused-ring (bicyclic) bond motifs is 1. The highest BCUT2D eigenvalue weighted by Gasteiger charge is 2.29. The van der Waals surface area contributed by atoms with Crippen LogP contribution in [0.15, 0.2) is 30.3 Å². The molecule has 3 rings (SSSR count). The highest BCUT2D eigenvalue weighted by atomic mass is 15.3.